The van der Waals surface area contributed by atoms with Crippen LogP contribution in [0.25, 0.3) is 0 Å². The number of piperazine rings is 1. The minimum Gasteiger partial charge on any atom is -0.370 e. The van der Waals surface area contributed by atoms with Crippen LogP contribution < -0.4 is 15.1 Å². The van der Waals surface area contributed by atoms with Crippen LogP contribution in [0.2, 0.25) is 0 Å². The largest absolute Gasteiger partial charge is 0.370 e. The molecule has 1 fully saturated rings. The molecule has 1 aliphatic rings. The third-order valence-corrected chi connectivity index (χ3v) is 3.94. The number of aryl methyl sites for hydroxylation is 1. The van der Waals surface area contributed by atoms with Gasteiger partial charge in [0, 0.05) is 44.5 Å². The SMILES string of the molecule is CCNc1cc(C)nc(N2CCN(c3cccc(C#N)n3)CC2)n1. The van der Waals surface area contributed by atoms with Crippen molar-refractivity contribution in [2.75, 3.05) is 47.8 Å². The maximum Gasteiger partial charge on any atom is 0.227 e. The summed E-state index contributed by atoms with van der Waals surface area (Å²) in [5.74, 6) is 2.49. The maximum absolute atomic E-state index is 8.99. The molecule has 0 spiro atoms. The van der Waals surface area contributed by atoms with Crippen molar-refractivity contribution in [3.63, 3.8) is 0 Å². The minimum atomic E-state index is 0.451. The first-order valence-electron chi connectivity index (χ1n) is 8.16. The Morgan fingerprint density at radius 1 is 1.12 bits per heavy atom. The van der Waals surface area contributed by atoms with E-state index >= 15 is 0 Å². The Morgan fingerprint density at radius 3 is 2.58 bits per heavy atom. The first-order valence-corrected chi connectivity index (χ1v) is 8.16. The van der Waals surface area contributed by atoms with E-state index in [1.807, 2.05) is 25.1 Å². The van der Waals surface area contributed by atoms with E-state index in [4.69, 9.17) is 5.26 Å². The van der Waals surface area contributed by atoms with E-state index in [1.54, 1.807) is 6.07 Å². The van der Waals surface area contributed by atoms with Crippen LogP contribution in [0.1, 0.15) is 18.3 Å². The predicted molar refractivity (Wildman–Crippen MR) is 94.3 cm³/mol. The highest BCUT2D eigenvalue weighted by molar-refractivity contribution is 5.47. The molecule has 24 heavy (non-hydrogen) atoms. The van der Waals surface area contributed by atoms with Crippen molar-refractivity contribution in [1.82, 2.24) is 15.0 Å². The van der Waals surface area contributed by atoms with Crippen molar-refractivity contribution in [2.45, 2.75) is 13.8 Å². The van der Waals surface area contributed by atoms with Gasteiger partial charge in [-0.1, -0.05) is 6.07 Å². The summed E-state index contributed by atoms with van der Waals surface area (Å²) in [6.07, 6.45) is 0. The van der Waals surface area contributed by atoms with Crippen molar-refractivity contribution in [1.29, 1.82) is 5.26 Å². The molecule has 0 amide bonds. The highest BCUT2D eigenvalue weighted by Gasteiger charge is 2.20. The summed E-state index contributed by atoms with van der Waals surface area (Å²) in [7, 11) is 0. The lowest BCUT2D eigenvalue weighted by Gasteiger charge is -2.35. The first-order chi connectivity index (χ1) is 11.7. The fourth-order valence-electron chi connectivity index (χ4n) is 2.76. The topological polar surface area (TPSA) is 81.0 Å². The van der Waals surface area contributed by atoms with Crippen LogP contribution >= 0.6 is 0 Å². The van der Waals surface area contributed by atoms with Gasteiger partial charge in [-0.2, -0.15) is 10.2 Å². The second-order valence-electron chi connectivity index (χ2n) is 5.69. The van der Waals surface area contributed by atoms with Gasteiger partial charge in [0.05, 0.1) is 0 Å². The zero-order valence-corrected chi connectivity index (χ0v) is 14.0. The number of nitrogens with zero attached hydrogens (tertiary/aromatic N) is 6. The molecule has 0 atom stereocenters. The fourth-order valence-corrected chi connectivity index (χ4v) is 2.76. The van der Waals surface area contributed by atoms with Crippen LogP contribution in [0.15, 0.2) is 24.3 Å². The zero-order chi connectivity index (χ0) is 16.9. The van der Waals surface area contributed by atoms with Gasteiger partial charge in [-0.05, 0) is 26.0 Å². The highest BCUT2D eigenvalue weighted by Crippen LogP contribution is 2.18. The summed E-state index contributed by atoms with van der Waals surface area (Å²) >= 11 is 0. The van der Waals surface area contributed by atoms with E-state index in [-0.39, 0.29) is 0 Å². The predicted octanol–water partition coefficient (Wildman–Crippen LogP) is 1.81. The Balaban J connectivity index is 1.70. The van der Waals surface area contributed by atoms with Gasteiger partial charge >= 0.3 is 0 Å². The van der Waals surface area contributed by atoms with E-state index in [0.29, 0.717) is 5.69 Å². The summed E-state index contributed by atoms with van der Waals surface area (Å²) in [5, 5.41) is 12.2. The van der Waals surface area contributed by atoms with Gasteiger partial charge in [-0.25, -0.2) is 9.97 Å². The molecule has 3 heterocycles. The maximum atomic E-state index is 8.99. The van der Waals surface area contributed by atoms with Gasteiger partial charge in [0.15, 0.2) is 0 Å². The van der Waals surface area contributed by atoms with Gasteiger partial charge in [0.25, 0.3) is 0 Å². The number of nitriles is 1. The Morgan fingerprint density at radius 2 is 1.88 bits per heavy atom. The van der Waals surface area contributed by atoms with Crippen LogP contribution in [0, 0.1) is 18.3 Å². The average molecular weight is 323 g/mol. The van der Waals surface area contributed by atoms with E-state index in [1.165, 1.54) is 0 Å². The molecule has 0 radical (unpaired) electrons. The summed E-state index contributed by atoms with van der Waals surface area (Å²) in [5.41, 5.74) is 1.41. The van der Waals surface area contributed by atoms with Gasteiger partial charge < -0.3 is 15.1 Å². The Hall–Kier alpha value is -2.88. The van der Waals surface area contributed by atoms with Gasteiger partial charge in [0.1, 0.15) is 23.4 Å². The fraction of sp³-hybridized carbons (Fsp3) is 0.412. The first kappa shape index (κ1) is 16.0. The molecule has 0 aliphatic carbocycles. The van der Waals surface area contributed by atoms with Crippen LogP contribution in [0.3, 0.4) is 0 Å². The van der Waals surface area contributed by atoms with Crippen molar-refractivity contribution in [3.8, 4) is 6.07 Å². The molecule has 1 N–H and O–H groups in total. The summed E-state index contributed by atoms with van der Waals surface area (Å²) in [4.78, 5) is 17.9. The lowest BCUT2D eigenvalue weighted by Crippen LogP contribution is -2.47. The Kier molecular flexibility index (Phi) is 4.75. The van der Waals surface area contributed by atoms with E-state index in [0.717, 1.165) is 56.0 Å². The zero-order valence-electron chi connectivity index (χ0n) is 14.0. The number of aromatic nitrogens is 3. The van der Waals surface area contributed by atoms with Crippen LogP contribution in [0.5, 0.6) is 0 Å². The molecule has 1 aliphatic heterocycles. The van der Waals surface area contributed by atoms with Crippen molar-refractivity contribution >= 4 is 17.6 Å². The average Bonchev–Trinajstić information content (AvgIpc) is 2.62. The van der Waals surface area contributed by atoms with Gasteiger partial charge in [-0.15, -0.1) is 0 Å². The molecule has 124 valence electrons. The molecular weight excluding hydrogens is 302 g/mol. The van der Waals surface area contributed by atoms with Crippen molar-refractivity contribution in [2.24, 2.45) is 0 Å². The van der Waals surface area contributed by atoms with Gasteiger partial charge in [0.2, 0.25) is 5.95 Å². The minimum absolute atomic E-state index is 0.451. The monoisotopic (exact) mass is 323 g/mol. The normalized spacial score (nSPS) is 14.4. The standard InChI is InChI=1S/C17H21N7/c1-3-19-15-11-13(2)20-17(22-15)24-9-7-23(8-10-24)16-6-4-5-14(12-18)21-16/h4-6,11H,3,7-10H2,1-2H3,(H,19,20,22). The quantitative estimate of drug-likeness (QED) is 0.919. The number of nitrogens with one attached hydrogen (secondary N) is 1. The Labute approximate surface area is 142 Å². The molecule has 0 unspecified atom stereocenters. The van der Waals surface area contributed by atoms with Crippen molar-refractivity contribution < 1.29 is 0 Å². The van der Waals surface area contributed by atoms with E-state index in [9.17, 15) is 0 Å². The second kappa shape index (κ2) is 7.13. The summed E-state index contributed by atoms with van der Waals surface area (Å²) in [6, 6.07) is 9.60. The van der Waals surface area contributed by atoms with Crippen LogP contribution in [0.4, 0.5) is 17.6 Å². The lowest BCUT2D eigenvalue weighted by atomic mass is 10.3. The van der Waals surface area contributed by atoms with E-state index < -0.39 is 0 Å². The number of rotatable bonds is 4. The third-order valence-electron chi connectivity index (χ3n) is 3.94. The molecule has 0 bridgehead atoms. The molecule has 3 rings (SSSR count). The van der Waals surface area contributed by atoms with Crippen LogP contribution in [-0.4, -0.2) is 47.7 Å². The number of anilines is 3. The molecule has 7 nitrogen and oxygen atoms in total. The van der Waals surface area contributed by atoms with Crippen LogP contribution in [-0.2, 0) is 0 Å². The molecule has 0 aromatic carbocycles. The highest BCUT2D eigenvalue weighted by atomic mass is 15.3. The smallest absolute Gasteiger partial charge is 0.227 e. The lowest BCUT2D eigenvalue weighted by molar-refractivity contribution is 0.634. The van der Waals surface area contributed by atoms with Crippen molar-refractivity contribution in [3.05, 3.63) is 35.7 Å². The molecule has 2 aromatic rings. The van der Waals surface area contributed by atoms with E-state index in [2.05, 4.69) is 43.1 Å². The molecule has 7 heteroatoms. The summed E-state index contributed by atoms with van der Waals surface area (Å²) < 4.78 is 0. The number of hydrogen-bond acceptors (Lipinski definition) is 7. The molecule has 2 aromatic heterocycles. The van der Waals surface area contributed by atoms with Gasteiger partial charge in [-0.3, -0.25) is 0 Å². The number of hydrogen-bond donors (Lipinski definition) is 1. The molecule has 1 saturated heterocycles. The molecule has 0 saturated carbocycles. The third kappa shape index (κ3) is 3.54. The summed E-state index contributed by atoms with van der Waals surface area (Å²) in [6.45, 7) is 8.19. The second-order valence-corrected chi connectivity index (χ2v) is 5.69. The number of pyridine rings is 1. The Bertz CT molecular complexity index is 745. The molecular formula is C17H21N7.